The van der Waals surface area contributed by atoms with Crippen LogP contribution < -0.4 is 4.74 Å². The van der Waals surface area contributed by atoms with Gasteiger partial charge in [0.15, 0.2) is 0 Å². The van der Waals surface area contributed by atoms with Crippen molar-refractivity contribution in [3.8, 4) is 5.88 Å². The van der Waals surface area contributed by atoms with Gasteiger partial charge >= 0.3 is 0 Å². The molecule has 1 rings (SSSR count). The fourth-order valence-electron chi connectivity index (χ4n) is 0.908. The van der Waals surface area contributed by atoms with Crippen molar-refractivity contribution in [1.29, 1.82) is 0 Å². The fraction of sp³-hybridized carbons (Fsp3) is 0.571. The maximum atomic E-state index is 4.95. The van der Waals surface area contributed by atoms with Crippen LogP contribution in [0.5, 0.6) is 5.88 Å². The molecule has 0 atom stereocenters. The van der Waals surface area contributed by atoms with Crippen LogP contribution in [0.25, 0.3) is 0 Å². The van der Waals surface area contributed by atoms with E-state index in [9.17, 15) is 0 Å². The van der Waals surface area contributed by atoms with Crippen LogP contribution in [0.1, 0.15) is 12.6 Å². The standard InChI is InChI=1S/C7H12N2O/c1-4-6-5-7(10-3)8-9(6)2/h5H,4H2,1-3H3. The van der Waals surface area contributed by atoms with Crippen molar-refractivity contribution in [1.82, 2.24) is 9.78 Å². The highest BCUT2D eigenvalue weighted by atomic mass is 16.5. The Labute approximate surface area is 60.6 Å². The molecule has 3 heteroatoms. The number of methoxy groups -OCH3 is 1. The zero-order chi connectivity index (χ0) is 7.56. The highest BCUT2D eigenvalue weighted by Crippen LogP contribution is 2.09. The van der Waals surface area contributed by atoms with Crippen LogP contribution in [-0.2, 0) is 13.5 Å². The molecule has 0 amide bonds. The van der Waals surface area contributed by atoms with Crippen molar-refractivity contribution in [3.63, 3.8) is 0 Å². The molecule has 0 aromatic carbocycles. The Hall–Kier alpha value is -0.990. The molecule has 0 saturated heterocycles. The molecule has 0 aliphatic rings. The third-order valence-corrected chi connectivity index (χ3v) is 1.53. The minimum absolute atomic E-state index is 0.694. The summed E-state index contributed by atoms with van der Waals surface area (Å²) in [5.41, 5.74) is 1.19. The van der Waals surface area contributed by atoms with E-state index in [-0.39, 0.29) is 0 Å². The van der Waals surface area contributed by atoms with Gasteiger partial charge in [-0.3, -0.25) is 4.68 Å². The zero-order valence-corrected chi connectivity index (χ0v) is 6.59. The normalized spacial score (nSPS) is 9.90. The molecule has 1 heterocycles. The van der Waals surface area contributed by atoms with E-state index in [1.54, 1.807) is 7.11 Å². The smallest absolute Gasteiger partial charge is 0.232 e. The minimum atomic E-state index is 0.694. The fourth-order valence-corrected chi connectivity index (χ4v) is 0.908. The lowest BCUT2D eigenvalue weighted by atomic mass is 10.3. The Balaban J connectivity index is 2.92. The lowest BCUT2D eigenvalue weighted by Crippen LogP contribution is -1.95. The molecule has 1 aromatic rings. The van der Waals surface area contributed by atoms with Crippen molar-refractivity contribution >= 4 is 0 Å². The Morgan fingerprint density at radius 3 is 2.70 bits per heavy atom. The molecule has 0 saturated carbocycles. The highest BCUT2D eigenvalue weighted by molar-refractivity contribution is 5.14. The number of rotatable bonds is 2. The summed E-state index contributed by atoms with van der Waals surface area (Å²) < 4.78 is 6.78. The van der Waals surface area contributed by atoms with Gasteiger partial charge in [0.1, 0.15) is 0 Å². The Bertz CT molecular complexity index is 217. The summed E-state index contributed by atoms with van der Waals surface area (Å²) in [5, 5.41) is 4.09. The Morgan fingerprint density at radius 2 is 2.40 bits per heavy atom. The van der Waals surface area contributed by atoms with Gasteiger partial charge in [-0.2, -0.15) is 0 Å². The van der Waals surface area contributed by atoms with Crippen molar-refractivity contribution < 1.29 is 4.74 Å². The molecule has 0 fully saturated rings. The summed E-state index contributed by atoms with van der Waals surface area (Å²) in [7, 11) is 3.54. The van der Waals surface area contributed by atoms with Crippen LogP contribution in [-0.4, -0.2) is 16.9 Å². The number of hydrogen-bond acceptors (Lipinski definition) is 2. The van der Waals surface area contributed by atoms with E-state index >= 15 is 0 Å². The molecule has 56 valence electrons. The summed E-state index contributed by atoms with van der Waals surface area (Å²) in [4.78, 5) is 0. The van der Waals surface area contributed by atoms with E-state index in [0.29, 0.717) is 5.88 Å². The molecule has 0 aliphatic carbocycles. The predicted molar refractivity (Wildman–Crippen MR) is 39.1 cm³/mol. The van der Waals surface area contributed by atoms with Crippen molar-refractivity contribution in [3.05, 3.63) is 11.8 Å². The monoisotopic (exact) mass is 140 g/mol. The number of hydrogen-bond donors (Lipinski definition) is 0. The van der Waals surface area contributed by atoms with E-state index in [2.05, 4.69) is 12.0 Å². The first-order chi connectivity index (χ1) is 4.77. The molecule has 0 bridgehead atoms. The van der Waals surface area contributed by atoms with Gasteiger partial charge in [-0.25, -0.2) is 0 Å². The second kappa shape index (κ2) is 2.73. The molecule has 0 spiro atoms. The van der Waals surface area contributed by atoms with E-state index < -0.39 is 0 Å². The van der Waals surface area contributed by atoms with Crippen LogP contribution in [0.15, 0.2) is 6.07 Å². The SMILES string of the molecule is CCc1cc(OC)nn1C. The van der Waals surface area contributed by atoms with Gasteiger partial charge in [0.05, 0.1) is 7.11 Å². The minimum Gasteiger partial charge on any atom is -0.480 e. The van der Waals surface area contributed by atoms with E-state index in [4.69, 9.17) is 4.74 Å². The van der Waals surface area contributed by atoms with E-state index in [1.807, 2.05) is 17.8 Å². The van der Waals surface area contributed by atoms with Crippen molar-refractivity contribution in [2.24, 2.45) is 7.05 Å². The number of nitrogens with zero attached hydrogens (tertiary/aromatic N) is 2. The molecule has 0 aliphatic heterocycles. The first-order valence-electron chi connectivity index (χ1n) is 3.34. The molecule has 0 unspecified atom stereocenters. The summed E-state index contributed by atoms with van der Waals surface area (Å²) >= 11 is 0. The summed E-state index contributed by atoms with van der Waals surface area (Å²) in [6.45, 7) is 2.09. The van der Waals surface area contributed by atoms with Gasteiger partial charge in [-0.05, 0) is 6.42 Å². The molecule has 1 aromatic heterocycles. The van der Waals surface area contributed by atoms with Crippen LogP contribution in [0, 0.1) is 0 Å². The van der Waals surface area contributed by atoms with Gasteiger partial charge < -0.3 is 4.74 Å². The number of aryl methyl sites for hydroxylation is 2. The average molecular weight is 140 g/mol. The second-order valence-electron chi connectivity index (χ2n) is 2.16. The Kier molecular flexibility index (Phi) is 1.94. The maximum absolute atomic E-state index is 4.95. The van der Waals surface area contributed by atoms with Crippen LogP contribution >= 0.6 is 0 Å². The van der Waals surface area contributed by atoms with Gasteiger partial charge in [0, 0.05) is 18.8 Å². The summed E-state index contributed by atoms with van der Waals surface area (Å²) in [6.07, 6.45) is 0.993. The van der Waals surface area contributed by atoms with Gasteiger partial charge in [0.25, 0.3) is 0 Å². The van der Waals surface area contributed by atoms with E-state index in [0.717, 1.165) is 6.42 Å². The third kappa shape index (κ3) is 1.12. The zero-order valence-electron chi connectivity index (χ0n) is 6.59. The molecular weight excluding hydrogens is 128 g/mol. The van der Waals surface area contributed by atoms with Crippen LogP contribution in [0.2, 0.25) is 0 Å². The topological polar surface area (TPSA) is 27.1 Å². The maximum Gasteiger partial charge on any atom is 0.232 e. The number of ether oxygens (including phenoxy) is 1. The first kappa shape index (κ1) is 7.12. The quantitative estimate of drug-likeness (QED) is 0.612. The third-order valence-electron chi connectivity index (χ3n) is 1.53. The summed E-state index contributed by atoms with van der Waals surface area (Å²) in [6, 6.07) is 1.94. The van der Waals surface area contributed by atoms with Crippen LogP contribution in [0.3, 0.4) is 0 Å². The molecule has 10 heavy (non-hydrogen) atoms. The van der Waals surface area contributed by atoms with Crippen molar-refractivity contribution in [2.45, 2.75) is 13.3 Å². The van der Waals surface area contributed by atoms with Gasteiger partial charge in [-0.1, -0.05) is 6.92 Å². The molecule has 0 N–H and O–H groups in total. The lowest BCUT2D eigenvalue weighted by molar-refractivity contribution is 0.392. The molecule has 0 radical (unpaired) electrons. The predicted octanol–water partition coefficient (Wildman–Crippen LogP) is 0.991. The average Bonchev–Trinajstić information content (AvgIpc) is 2.30. The van der Waals surface area contributed by atoms with E-state index in [1.165, 1.54) is 5.69 Å². The first-order valence-corrected chi connectivity index (χ1v) is 3.34. The molecule has 3 nitrogen and oxygen atoms in total. The van der Waals surface area contributed by atoms with Crippen LogP contribution in [0.4, 0.5) is 0 Å². The van der Waals surface area contributed by atoms with Crippen molar-refractivity contribution in [2.75, 3.05) is 7.11 Å². The highest BCUT2D eigenvalue weighted by Gasteiger charge is 2.00. The largest absolute Gasteiger partial charge is 0.480 e. The second-order valence-corrected chi connectivity index (χ2v) is 2.16. The lowest BCUT2D eigenvalue weighted by Gasteiger charge is -1.92. The van der Waals surface area contributed by atoms with Gasteiger partial charge in [-0.15, -0.1) is 5.10 Å². The number of aromatic nitrogens is 2. The van der Waals surface area contributed by atoms with Gasteiger partial charge in [0.2, 0.25) is 5.88 Å². The summed E-state index contributed by atoms with van der Waals surface area (Å²) in [5.74, 6) is 0.694. The molecular formula is C7H12N2O. The Morgan fingerprint density at radius 1 is 1.70 bits per heavy atom.